The molecule has 6 heteroatoms. The number of hydrogen-bond acceptors (Lipinski definition) is 5. The van der Waals surface area contributed by atoms with Crippen LogP contribution in [0.3, 0.4) is 0 Å². The number of hydrogen-bond donors (Lipinski definition) is 1. The van der Waals surface area contributed by atoms with Crippen LogP contribution in [0.15, 0.2) is 24.3 Å². The molecule has 2 saturated heterocycles. The summed E-state index contributed by atoms with van der Waals surface area (Å²) in [5, 5.41) is 10.6. The maximum Gasteiger partial charge on any atom is 0.190 e. The number of rotatable bonds is 4. The van der Waals surface area contributed by atoms with Crippen molar-refractivity contribution in [1.29, 1.82) is 0 Å². The van der Waals surface area contributed by atoms with Crippen molar-refractivity contribution in [3.05, 3.63) is 34.9 Å². The topological polar surface area (TPSA) is 57.2 Å². The number of aliphatic hydroxyl groups is 1. The van der Waals surface area contributed by atoms with E-state index in [-0.39, 0.29) is 12.2 Å². The van der Waals surface area contributed by atoms with Crippen molar-refractivity contribution < 1.29 is 24.1 Å². The molecule has 3 rings (SSSR count). The van der Waals surface area contributed by atoms with Crippen LogP contribution in [0.4, 0.5) is 0 Å². The normalized spacial score (nSPS) is 34.6. The van der Waals surface area contributed by atoms with Crippen molar-refractivity contribution in [2.24, 2.45) is 0 Å². The monoisotopic (exact) mass is 328 g/mol. The standard InChI is InChI=1S/C16H21ClO5/c1-9(18)12-13(14-15(20-12)22-16(2,3)21-14)19-8-10-4-6-11(17)7-5-10/h4-7,9,12-15,18H,8H2,1-3H3/t9-,12-,13+,14-,15-/m1/s1. The molecule has 1 aromatic carbocycles. The van der Waals surface area contributed by atoms with Gasteiger partial charge in [0.15, 0.2) is 12.1 Å². The highest BCUT2D eigenvalue weighted by Gasteiger charge is 2.56. The molecule has 5 nitrogen and oxygen atoms in total. The third-order valence-corrected chi connectivity index (χ3v) is 4.11. The Morgan fingerprint density at radius 3 is 2.59 bits per heavy atom. The van der Waals surface area contributed by atoms with Gasteiger partial charge in [-0.05, 0) is 38.5 Å². The van der Waals surface area contributed by atoms with Gasteiger partial charge in [0.2, 0.25) is 0 Å². The number of halogens is 1. The second kappa shape index (κ2) is 6.07. The lowest BCUT2D eigenvalue weighted by molar-refractivity contribution is -0.229. The molecule has 2 aliphatic heterocycles. The molecule has 0 spiro atoms. The SMILES string of the molecule is C[C@@H](O)[C@H]1O[C@@H]2OC(C)(C)O[C@@H]2[C@H]1OCc1ccc(Cl)cc1. The van der Waals surface area contributed by atoms with Crippen LogP contribution in [0.25, 0.3) is 0 Å². The van der Waals surface area contributed by atoms with Crippen LogP contribution in [0, 0.1) is 0 Å². The number of fused-ring (bicyclic) bond motifs is 1. The molecule has 2 fully saturated rings. The molecule has 0 amide bonds. The third kappa shape index (κ3) is 3.30. The van der Waals surface area contributed by atoms with E-state index >= 15 is 0 Å². The van der Waals surface area contributed by atoms with E-state index in [9.17, 15) is 5.11 Å². The minimum atomic E-state index is -0.707. The largest absolute Gasteiger partial charge is 0.391 e. The Kier molecular flexibility index (Phi) is 4.47. The van der Waals surface area contributed by atoms with E-state index in [0.29, 0.717) is 11.6 Å². The van der Waals surface area contributed by atoms with Gasteiger partial charge in [0.1, 0.15) is 18.3 Å². The summed E-state index contributed by atoms with van der Waals surface area (Å²) in [7, 11) is 0. The zero-order chi connectivity index (χ0) is 15.9. The number of benzene rings is 1. The van der Waals surface area contributed by atoms with E-state index in [1.54, 1.807) is 6.92 Å². The Bertz CT molecular complexity index is 516. The summed E-state index contributed by atoms with van der Waals surface area (Å²) in [6, 6.07) is 7.45. The Morgan fingerprint density at radius 2 is 1.95 bits per heavy atom. The molecule has 122 valence electrons. The van der Waals surface area contributed by atoms with Gasteiger partial charge in [0.05, 0.1) is 12.7 Å². The predicted octanol–water partition coefficient (Wildman–Crippen LogP) is 2.48. The lowest BCUT2D eigenvalue weighted by atomic mass is 10.1. The van der Waals surface area contributed by atoms with Gasteiger partial charge in [-0.2, -0.15) is 0 Å². The summed E-state index contributed by atoms with van der Waals surface area (Å²) >= 11 is 5.88. The van der Waals surface area contributed by atoms with Crippen LogP contribution in [-0.2, 0) is 25.6 Å². The highest BCUT2D eigenvalue weighted by Crippen LogP contribution is 2.39. The molecule has 1 aromatic rings. The molecule has 1 N–H and O–H groups in total. The van der Waals surface area contributed by atoms with Gasteiger partial charge < -0.3 is 24.1 Å². The highest BCUT2D eigenvalue weighted by atomic mass is 35.5. The lowest BCUT2D eigenvalue weighted by Gasteiger charge is -2.27. The number of aliphatic hydroxyl groups excluding tert-OH is 1. The van der Waals surface area contributed by atoms with E-state index in [1.807, 2.05) is 38.1 Å². The first-order valence-corrected chi connectivity index (χ1v) is 7.79. The summed E-state index contributed by atoms with van der Waals surface area (Å²) in [6.07, 6.45) is -2.39. The average Bonchev–Trinajstić information content (AvgIpc) is 2.90. The van der Waals surface area contributed by atoms with E-state index in [2.05, 4.69) is 0 Å². The maximum atomic E-state index is 9.91. The summed E-state index contributed by atoms with van der Waals surface area (Å²) < 4.78 is 23.3. The molecule has 0 saturated carbocycles. The molecule has 0 radical (unpaired) electrons. The average molecular weight is 329 g/mol. The second-order valence-electron chi connectivity index (χ2n) is 6.21. The maximum absolute atomic E-state index is 9.91. The van der Waals surface area contributed by atoms with Gasteiger partial charge in [-0.25, -0.2) is 0 Å². The zero-order valence-electron chi connectivity index (χ0n) is 12.9. The van der Waals surface area contributed by atoms with Gasteiger partial charge in [-0.1, -0.05) is 23.7 Å². The molecule has 22 heavy (non-hydrogen) atoms. The van der Waals surface area contributed by atoms with Crippen molar-refractivity contribution >= 4 is 11.6 Å². The fraction of sp³-hybridized carbons (Fsp3) is 0.625. The Morgan fingerprint density at radius 1 is 1.27 bits per heavy atom. The fourth-order valence-electron chi connectivity index (χ4n) is 2.86. The first kappa shape index (κ1) is 16.2. The molecular weight excluding hydrogens is 308 g/mol. The Labute approximate surface area is 135 Å². The van der Waals surface area contributed by atoms with E-state index in [4.69, 9.17) is 30.5 Å². The predicted molar refractivity (Wildman–Crippen MR) is 80.4 cm³/mol. The molecule has 0 aliphatic carbocycles. The molecular formula is C16H21ClO5. The smallest absolute Gasteiger partial charge is 0.190 e. The summed E-state index contributed by atoms with van der Waals surface area (Å²) in [6.45, 7) is 5.74. The molecule has 2 heterocycles. The Hall–Kier alpha value is -0.690. The second-order valence-corrected chi connectivity index (χ2v) is 6.65. The molecule has 0 bridgehead atoms. The quantitative estimate of drug-likeness (QED) is 0.920. The summed E-state index contributed by atoms with van der Waals surface area (Å²) in [4.78, 5) is 0. The summed E-state index contributed by atoms with van der Waals surface area (Å²) in [5.74, 6) is -0.707. The zero-order valence-corrected chi connectivity index (χ0v) is 13.6. The van der Waals surface area contributed by atoms with E-state index < -0.39 is 24.3 Å². The third-order valence-electron chi connectivity index (χ3n) is 3.86. The van der Waals surface area contributed by atoms with Crippen molar-refractivity contribution in [3.8, 4) is 0 Å². The van der Waals surface area contributed by atoms with Crippen LogP contribution in [0.5, 0.6) is 0 Å². The van der Waals surface area contributed by atoms with Crippen LogP contribution < -0.4 is 0 Å². The molecule has 0 aromatic heterocycles. The van der Waals surface area contributed by atoms with Crippen LogP contribution in [-0.4, -0.2) is 41.6 Å². The first-order chi connectivity index (χ1) is 10.4. The van der Waals surface area contributed by atoms with Crippen molar-refractivity contribution in [2.75, 3.05) is 0 Å². The minimum absolute atomic E-state index is 0.345. The van der Waals surface area contributed by atoms with Crippen LogP contribution in [0.1, 0.15) is 26.3 Å². The van der Waals surface area contributed by atoms with Crippen LogP contribution in [0.2, 0.25) is 5.02 Å². The van der Waals surface area contributed by atoms with Crippen LogP contribution >= 0.6 is 11.6 Å². The van der Waals surface area contributed by atoms with Gasteiger partial charge in [0, 0.05) is 5.02 Å². The number of ether oxygens (including phenoxy) is 4. The molecule has 0 unspecified atom stereocenters. The molecule has 2 aliphatic rings. The minimum Gasteiger partial charge on any atom is -0.391 e. The van der Waals surface area contributed by atoms with Crippen molar-refractivity contribution in [3.63, 3.8) is 0 Å². The van der Waals surface area contributed by atoms with Crippen molar-refractivity contribution in [1.82, 2.24) is 0 Å². The lowest BCUT2D eigenvalue weighted by Crippen LogP contribution is -2.41. The van der Waals surface area contributed by atoms with Crippen molar-refractivity contribution in [2.45, 2.75) is 63.9 Å². The highest BCUT2D eigenvalue weighted by molar-refractivity contribution is 6.30. The van der Waals surface area contributed by atoms with E-state index in [0.717, 1.165) is 5.56 Å². The van der Waals surface area contributed by atoms with Gasteiger partial charge >= 0.3 is 0 Å². The van der Waals surface area contributed by atoms with Gasteiger partial charge in [-0.3, -0.25) is 0 Å². The Balaban J connectivity index is 1.69. The molecule has 5 atom stereocenters. The van der Waals surface area contributed by atoms with E-state index in [1.165, 1.54) is 0 Å². The summed E-state index contributed by atoms with van der Waals surface area (Å²) in [5.41, 5.74) is 0.996. The van der Waals surface area contributed by atoms with Gasteiger partial charge in [0.25, 0.3) is 0 Å². The van der Waals surface area contributed by atoms with Gasteiger partial charge in [-0.15, -0.1) is 0 Å². The first-order valence-electron chi connectivity index (χ1n) is 7.41. The fourth-order valence-corrected chi connectivity index (χ4v) is 2.98.